The number of benzene rings is 1. The van der Waals surface area contributed by atoms with Gasteiger partial charge in [-0.3, -0.25) is 4.79 Å². The van der Waals surface area contributed by atoms with Gasteiger partial charge in [-0.1, -0.05) is 12.1 Å². The van der Waals surface area contributed by atoms with E-state index < -0.39 is 6.10 Å². The molecule has 1 N–H and O–H groups in total. The molecule has 0 bridgehead atoms. The molecule has 1 fully saturated rings. The lowest BCUT2D eigenvalue weighted by Crippen LogP contribution is -2.32. The van der Waals surface area contributed by atoms with Crippen LogP contribution in [0.3, 0.4) is 0 Å². The number of likely N-dealkylation sites (tertiary alicyclic amines) is 1. The molecule has 1 aromatic heterocycles. The first-order valence-corrected chi connectivity index (χ1v) is 7.37. The fourth-order valence-corrected chi connectivity index (χ4v) is 2.95. The number of aryl methyl sites for hydroxylation is 1. The SMILES string of the molecule is O=C(CCc1ccoc1)N1C[C@H](O)C[C@@H]1c1cccc(F)c1. The molecule has 0 spiro atoms. The highest BCUT2D eigenvalue weighted by Gasteiger charge is 2.35. The summed E-state index contributed by atoms with van der Waals surface area (Å²) in [5.41, 5.74) is 1.70. The molecule has 2 atom stereocenters. The van der Waals surface area contributed by atoms with Crippen LogP contribution in [0.5, 0.6) is 0 Å². The number of rotatable bonds is 4. The Morgan fingerprint density at radius 2 is 2.27 bits per heavy atom. The van der Waals surface area contributed by atoms with E-state index in [9.17, 15) is 14.3 Å². The second-order valence-electron chi connectivity index (χ2n) is 5.64. The highest BCUT2D eigenvalue weighted by atomic mass is 19.1. The molecule has 4 nitrogen and oxygen atoms in total. The third-order valence-corrected chi connectivity index (χ3v) is 4.04. The molecule has 22 heavy (non-hydrogen) atoms. The van der Waals surface area contributed by atoms with Crippen molar-refractivity contribution in [1.82, 2.24) is 4.90 Å². The zero-order valence-electron chi connectivity index (χ0n) is 12.1. The van der Waals surface area contributed by atoms with Crippen molar-refractivity contribution < 1.29 is 18.7 Å². The minimum Gasteiger partial charge on any atom is -0.472 e. The summed E-state index contributed by atoms with van der Waals surface area (Å²) in [6, 6.07) is 7.79. The molecule has 2 heterocycles. The zero-order valence-corrected chi connectivity index (χ0v) is 12.1. The number of β-amino-alcohol motifs (C(OH)–C–C–N with tert-alkyl or cyclic N) is 1. The Bertz CT molecular complexity index is 641. The minimum absolute atomic E-state index is 0.0352. The molecule has 1 aliphatic rings. The Morgan fingerprint density at radius 3 is 3.00 bits per heavy atom. The summed E-state index contributed by atoms with van der Waals surface area (Å²) < 4.78 is 18.4. The number of hydrogen-bond donors (Lipinski definition) is 1. The maximum atomic E-state index is 13.4. The van der Waals surface area contributed by atoms with Gasteiger partial charge in [-0.15, -0.1) is 0 Å². The van der Waals surface area contributed by atoms with Gasteiger partial charge in [0.15, 0.2) is 0 Å². The maximum absolute atomic E-state index is 13.4. The van der Waals surface area contributed by atoms with Crippen LogP contribution >= 0.6 is 0 Å². The lowest BCUT2D eigenvalue weighted by atomic mass is 10.0. The van der Waals surface area contributed by atoms with Crippen LogP contribution in [0, 0.1) is 5.82 Å². The molecule has 0 radical (unpaired) electrons. The molecular weight excluding hydrogens is 285 g/mol. The average molecular weight is 303 g/mol. The summed E-state index contributed by atoms with van der Waals surface area (Å²) >= 11 is 0. The summed E-state index contributed by atoms with van der Waals surface area (Å²) in [7, 11) is 0. The number of halogens is 1. The van der Waals surface area contributed by atoms with Crippen molar-refractivity contribution in [3.05, 3.63) is 59.8 Å². The molecule has 116 valence electrons. The Labute approximate surface area is 128 Å². The average Bonchev–Trinajstić information content (AvgIpc) is 3.14. The Hall–Kier alpha value is -2.14. The predicted octanol–water partition coefficient (Wildman–Crippen LogP) is 2.69. The highest BCUT2D eigenvalue weighted by molar-refractivity contribution is 5.77. The van der Waals surface area contributed by atoms with Crippen molar-refractivity contribution in [2.75, 3.05) is 6.54 Å². The van der Waals surface area contributed by atoms with Gasteiger partial charge in [0, 0.05) is 13.0 Å². The van der Waals surface area contributed by atoms with Crippen LogP contribution in [0.25, 0.3) is 0 Å². The lowest BCUT2D eigenvalue weighted by Gasteiger charge is -2.24. The topological polar surface area (TPSA) is 53.7 Å². The standard InChI is InChI=1S/C17H18FNO3/c18-14-3-1-2-13(8-14)16-9-15(20)10-19(16)17(21)5-4-12-6-7-22-11-12/h1-3,6-8,11,15-16,20H,4-5,9-10H2/t15-,16-/m1/s1. The first kappa shape index (κ1) is 14.8. The van der Waals surface area contributed by atoms with Gasteiger partial charge in [0.05, 0.1) is 24.7 Å². The Morgan fingerprint density at radius 1 is 1.41 bits per heavy atom. The number of furan rings is 1. The number of carbonyl (C=O) groups is 1. The monoisotopic (exact) mass is 303 g/mol. The van der Waals surface area contributed by atoms with Crippen molar-refractivity contribution in [3.8, 4) is 0 Å². The predicted molar refractivity (Wildman–Crippen MR) is 78.5 cm³/mol. The molecule has 0 aliphatic carbocycles. The second kappa shape index (κ2) is 6.32. The molecule has 1 amide bonds. The van der Waals surface area contributed by atoms with Gasteiger partial charge < -0.3 is 14.4 Å². The number of nitrogens with zero attached hydrogens (tertiary/aromatic N) is 1. The summed E-state index contributed by atoms with van der Waals surface area (Å²) in [6.07, 6.45) is 4.02. The number of hydrogen-bond acceptors (Lipinski definition) is 3. The summed E-state index contributed by atoms with van der Waals surface area (Å²) in [5.74, 6) is -0.364. The van der Waals surface area contributed by atoms with E-state index in [4.69, 9.17) is 4.42 Å². The van der Waals surface area contributed by atoms with Gasteiger partial charge >= 0.3 is 0 Å². The molecule has 0 saturated carbocycles. The van der Waals surface area contributed by atoms with Crippen LogP contribution < -0.4 is 0 Å². The third kappa shape index (κ3) is 3.20. The molecule has 1 saturated heterocycles. The molecular formula is C17H18FNO3. The van der Waals surface area contributed by atoms with Gasteiger partial charge in [-0.25, -0.2) is 4.39 Å². The highest BCUT2D eigenvalue weighted by Crippen LogP contribution is 2.33. The number of aliphatic hydroxyl groups is 1. The maximum Gasteiger partial charge on any atom is 0.223 e. The molecule has 1 aliphatic heterocycles. The summed E-state index contributed by atoms with van der Waals surface area (Å²) in [4.78, 5) is 14.1. The van der Waals surface area contributed by atoms with Crippen LogP contribution in [0.15, 0.2) is 47.3 Å². The van der Waals surface area contributed by atoms with Crippen LogP contribution in [0.1, 0.15) is 30.0 Å². The van der Waals surface area contributed by atoms with Crippen LogP contribution in [0.4, 0.5) is 4.39 Å². The first-order chi connectivity index (χ1) is 10.6. The molecule has 5 heteroatoms. The van der Waals surface area contributed by atoms with Crippen LogP contribution in [0.2, 0.25) is 0 Å². The van der Waals surface area contributed by atoms with Gasteiger partial charge in [0.25, 0.3) is 0 Å². The van der Waals surface area contributed by atoms with Crippen molar-refractivity contribution in [1.29, 1.82) is 0 Å². The van der Waals surface area contributed by atoms with E-state index in [1.807, 2.05) is 6.07 Å². The fraction of sp³-hybridized carbons (Fsp3) is 0.353. The number of aliphatic hydroxyl groups excluding tert-OH is 1. The molecule has 0 unspecified atom stereocenters. The molecule has 2 aromatic rings. The fourth-order valence-electron chi connectivity index (χ4n) is 2.95. The van der Waals surface area contributed by atoms with Crippen molar-refractivity contribution >= 4 is 5.91 Å². The lowest BCUT2D eigenvalue weighted by molar-refractivity contribution is -0.132. The zero-order chi connectivity index (χ0) is 15.5. The first-order valence-electron chi connectivity index (χ1n) is 7.37. The number of amides is 1. The quantitative estimate of drug-likeness (QED) is 0.945. The molecule has 1 aromatic carbocycles. The van der Waals surface area contributed by atoms with E-state index in [0.29, 0.717) is 25.8 Å². The largest absolute Gasteiger partial charge is 0.472 e. The molecule has 3 rings (SSSR count). The van der Waals surface area contributed by atoms with Crippen LogP contribution in [-0.4, -0.2) is 28.6 Å². The van der Waals surface area contributed by atoms with Crippen LogP contribution in [-0.2, 0) is 11.2 Å². The van der Waals surface area contributed by atoms with Gasteiger partial charge in [0.2, 0.25) is 5.91 Å². The normalized spacial score (nSPS) is 21.3. The van der Waals surface area contributed by atoms with E-state index >= 15 is 0 Å². The summed E-state index contributed by atoms with van der Waals surface area (Å²) in [5, 5.41) is 9.90. The van der Waals surface area contributed by atoms with E-state index in [-0.39, 0.29) is 17.8 Å². The van der Waals surface area contributed by atoms with Crippen molar-refractivity contribution in [2.45, 2.75) is 31.4 Å². The Balaban J connectivity index is 1.71. The number of carbonyl (C=O) groups excluding carboxylic acids is 1. The van der Waals surface area contributed by atoms with Gasteiger partial charge in [0.1, 0.15) is 5.82 Å². The Kier molecular flexibility index (Phi) is 4.24. The smallest absolute Gasteiger partial charge is 0.223 e. The van der Waals surface area contributed by atoms with E-state index in [2.05, 4.69) is 0 Å². The third-order valence-electron chi connectivity index (χ3n) is 4.04. The van der Waals surface area contributed by atoms with Gasteiger partial charge in [-0.05, 0) is 42.2 Å². The van der Waals surface area contributed by atoms with Crippen molar-refractivity contribution in [3.63, 3.8) is 0 Å². The van der Waals surface area contributed by atoms with E-state index in [0.717, 1.165) is 11.1 Å². The van der Waals surface area contributed by atoms with Crippen molar-refractivity contribution in [2.24, 2.45) is 0 Å². The summed E-state index contributed by atoms with van der Waals surface area (Å²) in [6.45, 7) is 0.297. The van der Waals surface area contributed by atoms with Gasteiger partial charge in [-0.2, -0.15) is 0 Å². The van der Waals surface area contributed by atoms with E-state index in [1.54, 1.807) is 29.6 Å². The van der Waals surface area contributed by atoms with E-state index in [1.165, 1.54) is 12.1 Å². The minimum atomic E-state index is -0.564. The second-order valence-corrected chi connectivity index (χ2v) is 5.64.